The van der Waals surface area contributed by atoms with Crippen molar-refractivity contribution in [1.29, 1.82) is 0 Å². The van der Waals surface area contributed by atoms with Crippen LogP contribution in [0, 0.1) is 5.41 Å². The Morgan fingerprint density at radius 3 is 2.84 bits per heavy atom. The minimum Gasteiger partial charge on any atom is -0.465 e. The molecule has 0 aliphatic carbocycles. The van der Waals surface area contributed by atoms with Crippen LogP contribution in [0.25, 0.3) is 11.5 Å². The molecule has 1 aromatic heterocycles. The molecular weight excluding hydrogens is 320 g/mol. The highest BCUT2D eigenvalue weighted by atomic mass is 16.5. The molecule has 0 saturated heterocycles. The minimum atomic E-state index is -0.922. The quantitative estimate of drug-likeness (QED) is 0.908. The van der Waals surface area contributed by atoms with Gasteiger partial charge in [-0.1, -0.05) is 32.9 Å². The predicted octanol–water partition coefficient (Wildman–Crippen LogP) is 3.98. The summed E-state index contributed by atoms with van der Waals surface area (Å²) in [6, 6.07) is 5.93. The van der Waals surface area contributed by atoms with E-state index < -0.39 is 6.09 Å². The number of aromatic nitrogens is 1. The Kier molecular flexibility index (Phi) is 4.81. The molecule has 1 N–H and O–H groups in total. The Morgan fingerprint density at radius 1 is 1.40 bits per heavy atom. The minimum absolute atomic E-state index is 0.115. The van der Waals surface area contributed by atoms with E-state index in [1.54, 1.807) is 12.5 Å². The summed E-state index contributed by atoms with van der Waals surface area (Å²) in [6.45, 7) is 7.40. The molecule has 1 aliphatic rings. The first kappa shape index (κ1) is 17.5. The number of carboxylic acid groups (broad SMARTS) is 1. The summed E-state index contributed by atoms with van der Waals surface area (Å²) in [7, 11) is 0. The number of fused-ring (bicyclic) bond motifs is 1. The maximum absolute atomic E-state index is 11.7. The Labute approximate surface area is 147 Å². The summed E-state index contributed by atoms with van der Waals surface area (Å²) in [5.74, 6) is 0.585. The number of oxazole rings is 1. The average molecular weight is 344 g/mol. The van der Waals surface area contributed by atoms with Gasteiger partial charge in [0, 0.05) is 12.1 Å². The van der Waals surface area contributed by atoms with Crippen LogP contribution < -0.4 is 0 Å². The Morgan fingerprint density at radius 2 is 2.20 bits per heavy atom. The maximum atomic E-state index is 11.7. The van der Waals surface area contributed by atoms with Crippen LogP contribution in [0.15, 0.2) is 35.1 Å². The molecule has 1 unspecified atom stereocenters. The normalized spacial score (nSPS) is 17.2. The summed E-state index contributed by atoms with van der Waals surface area (Å²) < 4.78 is 11.4. The second-order valence-corrected chi connectivity index (χ2v) is 7.54. The second-order valence-electron chi connectivity index (χ2n) is 7.54. The van der Waals surface area contributed by atoms with E-state index in [2.05, 4.69) is 4.98 Å². The highest BCUT2D eigenvalue weighted by Crippen LogP contribution is 2.34. The fourth-order valence-corrected chi connectivity index (χ4v) is 3.27. The average Bonchev–Trinajstić information content (AvgIpc) is 3.07. The zero-order chi connectivity index (χ0) is 18.0. The fourth-order valence-electron chi connectivity index (χ4n) is 3.27. The summed E-state index contributed by atoms with van der Waals surface area (Å²) in [5.41, 5.74) is 2.98. The van der Waals surface area contributed by atoms with Crippen molar-refractivity contribution in [2.24, 2.45) is 5.41 Å². The van der Waals surface area contributed by atoms with Crippen LogP contribution in [0.1, 0.15) is 38.0 Å². The second kappa shape index (κ2) is 6.88. The highest BCUT2D eigenvalue weighted by Gasteiger charge is 2.29. The van der Waals surface area contributed by atoms with Gasteiger partial charge >= 0.3 is 6.09 Å². The zero-order valence-corrected chi connectivity index (χ0v) is 14.9. The highest BCUT2D eigenvalue weighted by molar-refractivity contribution is 5.65. The third-order valence-corrected chi connectivity index (χ3v) is 4.21. The van der Waals surface area contributed by atoms with Crippen LogP contribution in [0.4, 0.5) is 4.79 Å². The molecule has 6 heteroatoms. The number of amides is 1. The molecule has 0 radical (unpaired) electrons. The Hall–Kier alpha value is -2.34. The monoisotopic (exact) mass is 344 g/mol. The molecule has 0 fully saturated rings. The lowest BCUT2D eigenvalue weighted by molar-refractivity contribution is 0.0121. The summed E-state index contributed by atoms with van der Waals surface area (Å²) in [4.78, 5) is 17.3. The molecule has 0 saturated carbocycles. The van der Waals surface area contributed by atoms with Gasteiger partial charge in [-0.25, -0.2) is 9.78 Å². The summed E-state index contributed by atoms with van der Waals surface area (Å²) in [6.07, 6.45) is 2.74. The summed E-state index contributed by atoms with van der Waals surface area (Å²) >= 11 is 0. The number of hydrogen-bond donors (Lipinski definition) is 1. The van der Waals surface area contributed by atoms with Gasteiger partial charge in [0.1, 0.15) is 12.4 Å². The van der Waals surface area contributed by atoms with Crippen molar-refractivity contribution >= 4 is 6.09 Å². The van der Waals surface area contributed by atoms with Crippen LogP contribution in [0.5, 0.6) is 0 Å². The lowest BCUT2D eigenvalue weighted by Gasteiger charge is -2.33. The van der Waals surface area contributed by atoms with Gasteiger partial charge in [-0.15, -0.1) is 0 Å². The predicted molar refractivity (Wildman–Crippen MR) is 93.4 cm³/mol. The van der Waals surface area contributed by atoms with Crippen LogP contribution in [0.2, 0.25) is 0 Å². The number of hydrogen-bond acceptors (Lipinski definition) is 4. The van der Waals surface area contributed by atoms with Gasteiger partial charge in [0.15, 0.2) is 0 Å². The number of benzene rings is 1. The van der Waals surface area contributed by atoms with Gasteiger partial charge in [-0.2, -0.15) is 0 Å². The molecule has 0 spiro atoms. The van der Waals surface area contributed by atoms with Crippen molar-refractivity contribution in [2.75, 3.05) is 19.7 Å². The van der Waals surface area contributed by atoms with E-state index in [-0.39, 0.29) is 11.5 Å². The van der Waals surface area contributed by atoms with E-state index in [1.165, 1.54) is 4.90 Å². The van der Waals surface area contributed by atoms with Crippen LogP contribution in [0.3, 0.4) is 0 Å². The van der Waals surface area contributed by atoms with Crippen molar-refractivity contribution < 1.29 is 19.1 Å². The van der Waals surface area contributed by atoms with Crippen LogP contribution >= 0.6 is 0 Å². The molecule has 2 heterocycles. The topological polar surface area (TPSA) is 75.8 Å². The van der Waals surface area contributed by atoms with Crippen molar-refractivity contribution in [1.82, 2.24) is 9.88 Å². The van der Waals surface area contributed by atoms with Crippen molar-refractivity contribution in [3.8, 4) is 11.5 Å². The third-order valence-electron chi connectivity index (χ3n) is 4.21. The molecule has 3 rings (SSSR count). The molecule has 1 aliphatic heterocycles. The fraction of sp³-hybridized carbons (Fsp3) is 0.474. The number of carbonyl (C=O) groups is 1. The third kappa shape index (κ3) is 4.02. The molecule has 25 heavy (non-hydrogen) atoms. The van der Waals surface area contributed by atoms with Crippen LogP contribution in [-0.4, -0.2) is 40.8 Å². The molecular formula is C19H24N2O4. The van der Waals surface area contributed by atoms with E-state index in [4.69, 9.17) is 9.15 Å². The smallest absolute Gasteiger partial charge is 0.407 e. The maximum Gasteiger partial charge on any atom is 0.407 e. The van der Waals surface area contributed by atoms with Gasteiger partial charge in [-0.3, -0.25) is 0 Å². The van der Waals surface area contributed by atoms with E-state index in [1.807, 2.05) is 39.0 Å². The number of ether oxygens (including phenoxy) is 1. The van der Waals surface area contributed by atoms with E-state index in [0.29, 0.717) is 25.6 Å². The molecule has 1 aromatic carbocycles. The summed E-state index contributed by atoms with van der Waals surface area (Å²) in [5, 5.41) is 9.57. The molecule has 2 aromatic rings. The first-order chi connectivity index (χ1) is 11.8. The first-order valence-corrected chi connectivity index (χ1v) is 8.46. The van der Waals surface area contributed by atoms with Crippen molar-refractivity contribution in [3.05, 3.63) is 41.8 Å². The van der Waals surface area contributed by atoms with Crippen molar-refractivity contribution in [2.45, 2.75) is 33.3 Å². The first-order valence-electron chi connectivity index (χ1n) is 8.46. The SMILES string of the molecule is CC(C)(C)CN(CC1OCCc2c(-c3ncco3)cccc21)C(=O)O. The standard InChI is InChI=1S/C19H24N2O4/c1-19(2,3)12-21(18(22)23)11-16-14-5-4-6-15(13(14)7-9-24-16)17-20-8-10-25-17/h4-6,8,10,16H,7,9,11-12H2,1-3H3,(H,22,23). The Balaban J connectivity index is 1.89. The Bertz CT molecular complexity index is 734. The number of rotatable bonds is 4. The molecule has 1 atom stereocenters. The molecule has 0 bridgehead atoms. The lowest BCUT2D eigenvalue weighted by Crippen LogP contribution is -2.40. The van der Waals surface area contributed by atoms with E-state index >= 15 is 0 Å². The van der Waals surface area contributed by atoms with E-state index in [9.17, 15) is 9.90 Å². The molecule has 134 valence electrons. The van der Waals surface area contributed by atoms with Crippen LogP contribution in [-0.2, 0) is 11.2 Å². The zero-order valence-electron chi connectivity index (χ0n) is 14.9. The largest absolute Gasteiger partial charge is 0.465 e. The van der Waals surface area contributed by atoms with Gasteiger partial charge in [0.2, 0.25) is 5.89 Å². The van der Waals surface area contributed by atoms with Gasteiger partial charge in [-0.05, 0) is 29.0 Å². The van der Waals surface area contributed by atoms with Crippen molar-refractivity contribution in [3.63, 3.8) is 0 Å². The van der Waals surface area contributed by atoms with Gasteiger partial charge in [0.05, 0.1) is 19.3 Å². The number of nitrogens with zero attached hydrogens (tertiary/aromatic N) is 2. The van der Waals surface area contributed by atoms with Gasteiger partial charge < -0.3 is 19.2 Å². The van der Waals surface area contributed by atoms with Gasteiger partial charge in [0.25, 0.3) is 0 Å². The van der Waals surface area contributed by atoms with E-state index in [0.717, 1.165) is 23.1 Å². The lowest BCUT2D eigenvalue weighted by atomic mass is 9.91. The molecule has 6 nitrogen and oxygen atoms in total. The molecule has 1 amide bonds.